The van der Waals surface area contributed by atoms with Crippen molar-refractivity contribution in [2.24, 2.45) is 0 Å². The lowest BCUT2D eigenvalue weighted by Gasteiger charge is -2.15. The van der Waals surface area contributed by atoms with E-state index in [-0.39, 0.29) is 18.0 Å². The fourth-order valence-corrected chi connectivity index (χ4v) is 3.82. The molecule has 2 unspecified atom stereocenters. The third-order valence-electron chi connectivity index (χ3n) is 5.23. The Bertz CT molecular complexity index is 861. The maximum Gasteiger partial charge on any atom is 0.242 e. The molecule has 1 saturated heterocycles. The largest absolute Gasteiger partial charge is 0.507 e. The zero-order chi connectivity index (χ0) is 19.7. The van der Waals surface area contributed by atoms with Gasteiger partial charge in [0.15, 0.2) is 0 Å². The number of anilines is 1. The van der Waals surface area contributed by atoms with Crippen LogP contribution >= 0.6 is 0 Å². The molecule has 144 valence electrons. The summed E-state index contributed by atoms with van der Waals surface area (Å²) < 4.78 is 0. The topological polar surface area (TPSA) is 73.4 Å². The van der Waals surface area contributed by atoms with Crippen LogP contribution in [0.5, 0.6) is 5.75 Å². The first-order valence-corrected chi connectivity index (χ1v) is 9.49. The van der Waals surface area contributed by atoms with Crippen LogP contribution < -0.4 is 16.2 Å². The maximum atomic E-state index is 12.7. The highest BCUT2D eigenvalue weighted by Crippen LogP contribution is 2.33. The van der Waals surface area contributed by atoms with E-state index in [9.17, 15) is 9.90 Å². The van der Waals surface area contributed by atoms with E-state index in [1.54, 1.807) is 0 Å². The smallest absolute Gasteiger partial charge is 0.242 e. The standard InChI is InChI=1S/C22H29N3O2/c1-12(2)17-7-6-16(10-14(17)4)23-22(27)20-11-19(24-25-20)18-9-13(3)8-15(5)21(18)26/h6-10,12,19-20,24-26H,11H2,1-5H3,(H,23,27). The Morgan fingerprint density at radius 2 is 1.85 bits per heavy atom. The number of amides is 1. The molecule has 2 atom stereocenters. The molecule has 4 N–H and O–H groups in total. The molecule has 0 radical (unpaired) electrons. The summed E-state index contributed by atoms with van der Waals surface area (Å²) in [6.45, 7) is 10.3. The van der Waals surface area contributed by atoms with Crippen molar-refractivity contribution in [1.82, 2.24) is 10.9 Å². The van der Waals surface area contributed by atoms with Gasteiger partial charge in [0, 0.05) is 11.3 Å². The highest BCUT2D eigenvalue weighted by atomic mass is 16.3. The van der Waals surface area contributed by atoms with Gasteiger partial charge in [-0.2, -0.15) is 0 Å². The number of carbonyl (C=O) groups is 1. The first kappa shape index (κ1) is 19.4. The van der Waals surface area contributed by atoms with E-state index in [2.05, 4.69) is 43.0 Å². The van der Waals surface area contributed by atoms with Gasteiger partial charge in [-0.25, -0.2) is 10.9 Å². The molecule has 0 saturated carbocycles. The van der Waals surface area contributed by atoms with E-state index in [0.29, 0.717) is 18.1 Å². The lowest BCUT2D eigenvalue weighted by molar-refractivity contribution is -0.117. The van der Waals surface area contributed by atoms with E-state index in [1.807, 2.05) is 38.1 Å². The summed E-state index contributed by atoms with van der Waals surface area (Å²) in [5.74, 6) is 0.674. The van der Waals surface area contributed by atoms with Crippen LogP contribution in [0.2, 0.25) is 0 Å². The number of benzene rings is 2. The monoisotopic (exact) mass is 367 g/mol. The molecule has 0 spiro atoms. The molecule has 3 rings (SSSR count). The molecule has 0 aliphatic carbocycles. The van der Waals surface area contributed by atoms with Gasteiger partial charge in [-0.05, 0) is 61.9 Å². The van der Waals surface area contributed by atoms with Crippen molar-refractivity contribution < 1.29 is 9.90 Å². The third kappa shape index (κ3) is 4.15. The number of hydrogen-bond donors (Lipinski definition) is 4. The van der Waals surface area contributed by atoms with Crippen molar-refractivity contribution >= 4 is 11.6 Å². The Morgan fingerprint density at radius 1 is 1.11 bits per heavy atom. The Hall–Kier alpha value is -2.37. The number of rotatable bonds is 4. The molecule has 1 aliphatic rings. The number of phenols is 1. The number of aryl methyl sites for hydroxylation is 3. The third-order valence-corrected chi connectivity index (χ3v) is 5.23. The average Bonchev–Trinajstić information content (AvgIpc) is 3.07. The first-order valence-electron chi connectivity index (χ1n) is 9.49. The van der Waals surface area contributed by atoms with Crippen LogP contribution in [0.15, 0.2) is 30.3 Å². The molecule has 1 heterocycles. The zero-order valence-corrected chi connectivity index (χ0v) is 16.7. The molecule has 27 heavy (non-hydrogen) atoms. The number of phenolic OH excluding ortho intramolecular Hbond substituents is 1. The van der Waals surface area contributed by atoms with E-state index >= 15 is 0 Å². The molecule has 0 bridgehead atoms. The van der Waals surface area contributed by atoms with Crippen LogP contribution in [-0.4, -0.2) is 17.1 Å². The minimum absolute atomic E-state index is 0.0782. The van der Waals surface area contributed by atoms with Crippen molar-refractivity contribution in [1.29, 1.82) is 0 Å². The fourth-order valence-electron chi connectivity index (χ4n) is 3.82. The van der Waals surface area contributed by atoms with Crippen LogP contribution in [-0.2, 0) is 4.79 Å². The molecule has 2 aromatic rings. The average molecular weight is 367 g/mol. The summed E-state index contributed by atoms with van der Waals surface area (Å²) in [5, 5.41) is 13.4. The Labute approximate surface area is 161 Å². The number of hydrazine groups is 1. The van der Waals surface area contributed by atoms with E-state index in [0.717, 1.165) is 22.4 Å². The van der Waals surface area contributed by atoms with Crippen molar-refractivity contribution in [3.63, 3.8) is 0 Å². The fraction of sp³-hybridized carbons (Fsp3) is 0.409. The normalized spacial score (nSPS) is 19.5. The molecule has 5 nitrogen and oxygen atoms in total. The molecule has 1 amide bonds. The quantitative estimate of drug-likeness (QED) is 0.659. The molecular weight excluding hydrogens is 338 g/mol. The van der Waals surface area contributed by atoms with Gasteiger partial charge in [0.05, 0.1) is 6.04 Å². The zero-order valence-electron chi connectivity index (χ0n) is 16.7. The maximum absolute atomic E-state index is 12.7. The van der Waals surface area contributed by atoms with Gasteiger partial charge in [-0.3, -0.25) is 4.79 Å². The molecule has 1 aliphatic heterocycles. The van der Waals surface area contributed by atoms with Crippen LogP contribution in [0, 0.1) is 20.8 Å². The van der Waals surface area contributed by atoms with E-state index < -0.39 is 0 Å². The summed E-state index contributed by atoms with van der Waals surface area (Å²) in [6.07, 6.45) is 0.575. The lowest BCUT2D eigenvalue weighted by Crippen LogP contribution is -2.39. The van der Waals surface area contributed by atoms with Gasteiger partial charge >= 0.3 is 0 Å². The van der Waals surface area contributed by atoms with Crippen LogP contribution in [0.25, 0.3) is 0 Å². The second-order valence-corrected chi connectivity index (χ2v) is 7.86. The molecule has 2 aromatic carbocycles. The van der Waals surface area contributed by atoms with Crippen molar-refractivity contribution in [2.45, 2.75) is 59.0 Å². The Kier molecular flexibility index (Phi) is 5.53. The molecule has 5 heteroatoms. The van der Waals surface area contributed by atoms with Gasteiger partial charge in [0.25, 0.3) is 0 Å². The lowest BCUT2D eigenvalue weighted by atomic mass is 9.96. The summed E-state index contributed by atoms with van der Waals surface area (Å²) >= 11 is 0. The second kappa shape index (κ2) is 7.71. The van der Waals surface area contributed by atoms with Crippen molar-refractivity contribution in [2.75, 3.05) is 5.32 Å². The Balaban J connectivity index is 1.69. The minimum Gasteiger partial charge on any atom is -0.507 e. The molecule has 0 aromatic heterocycles. The number of aromatic hydroxyl groups is 1. The van der Waals surface area contributed by atoms with Crippen molar-refractivity contribution in [3.05, 3.63) is 58.1 Å². The number of nitrogens with one attached hydrogen (secondary N) is 3. The summed E-state index contributed by atoms with van der Waals surface area (Å²) in [7, 11) is 0. The number of hydrogen-bond acceptors (Lipinski definition) is 4. The molecule has 1 fully saturated rings. The van der Waals surface area contributed by atoms with Gasteiger partial charge in [0.1, 0.15) is 11.8 Å². The first-order chi connectivity index (χ1) is 12.8. The SMILES string of the molecule is Cc1cc(C)c(O)c(C2CC(C(=O)Nc3ccc(C(C)C)c(C)c3)NN2)c1. The van der Waals surface area contributed by atoms with E-state index in [1.165, 1.54) is 11.1 Å². The van der Waals surface area contributed by atoms with Crippen LogP contribution in [0.4, 0.5) is 5.69 Å². The number of carbonyl (C=O) groups excluding carboxylic acids is 1. The summed E-state index contributed by atoms with van der Waals surface area (Å²) in [6, 6.07) is 9.50. The predicted molar refractivity (Wildman–Crippen MR) is 109 cm³/mol. The predicted octanol–water partition coefficient (Wildman–Crippen LogP) is 3.99. The second-order valence-electron chi connectivity index (χ2n) is 7.86. The summed E-state index contributed by atoms with van der Waals surface area (Å²) in [5.41, 5.74) is 12.3. The van der Waals surface area contributed by atoms with Gasteiger partial charge in [-0.15, -0.1) is 0 Å². The minimum atomic E-state index is -0.361. The summed E-state index contributed by atoms with van der Waals surface area (Å²) in [4.78, 5) is 12.7. The molecular formula is C22H29N3O2. The highest BCUT2D eigenvalue weighted by Gasteiger charge is 2.32. The Morgan fingerprint density at radius 3 is 2.52 bits per heavy atom. The van der Waals surface area contributed by atoms with Gasteiger partial charge in [0.2, 0.25) is 5.91 Å². The van der Waals surface area contributed by atoms with Crippen LogP contribution in [0.3, 0.4) is 0 Å². The van der Waals surface area contributed by atoms with Gasteiger partial charge < -0.3 is 10.4 Å². The van der Waals surface area contributed by atoms with E-state index in [4.69, 9.17) is 0 Å². The highest BCUT2D eigenvalue weighted by molar-refractivity contribution is 5.95. The van der Waals surface area contributed by atoms with Gasteiger partial charge in [-0.1, -0.05) is 37.6 Å². The van der Waals surface area contributed by atoms with Crippen LogP contribution in [0.1, 0.15) is 60.0 Å². The van der Waals surface area contributed by atoms with Crippen molar-refractivity contribution in [3.8, 4) is 5.75 Å².